The number of halogens is 8. The number of hydrogen-bond acceptors (Lipinski definition) is 5. The highest BCUT2D eigenvalue weighted by Gasteiger charge is 2.33. The van der Waals surface area contributed by atoms with E-state index in [1.165, 1.54) is 0 Å². The lowest BCUT2D eigenvalue weighted by Crippen LogP contribution is -2.11. The molecule has 10 aromatic carbocycles. The molecule has 0 spiro atoms. The maximum Gasteiger partial charge on any atom is 0.186 e. The van der Waals surface area contributed by atoms with Crippen molar-refractivity contribution in [1.82, 2.24) is 34.1 Å². The molecule has 14 aromatic rings. The monoisotopic (exact) mass is 1090 g/mol. The highest BCUT2D eigenvalue weighted by atomic mass is 19.2. The Morgan fingerprint density at radius 1 is 0.232 bits per heavy atom. The summed E-state index contributed by atoms with van der Waals surface area (Å²) in [5, 5.41) is 2.47. The maximum atomic E-state index is 16.8. The van der Waals surface area contributed by atoms with Gasteiger partial charge >= 0.3 is 0 Å². The number of aromatic nitrogens is 7. The van der Waals surface area contributed by atoms with Crippen LogP contribution in [0.2, 0.25) is 0 Å². The van der Waals surface area contributed by atoms with E-state index < -0.39 is 80.7 Å². The van der Waals surface area contributed by atoms with Crippen LogP contribution in [0.5, 0.6) is 0 Å². The van der Waals surface area contributed by atoms with Gasteiger partial charge in [0.25, 0.3) is 0 Å². The fourth-order valence-corrected chi connectivity index (χ4v) is 10.8. The Morgan fingerprint density at radius 2 is 0.537 bits per heavy atom. The third-order valence-electron chi connectivity index (χ3n) is 14.6. The predicted molar refractivity (Wildman–Crippen MR) is 302 cm³/mol. The van der Waals surface area contributed by atoms with Crippen LogP contribution in [-0.2, 0) is 0 Å². The molecule has 0 N–H and O–H groups in total. The zero-order chi connectivity index (χ0) is 55.9. The molecular weight excluding hydrogens is 1050 g/mol. The molecule has 4 heterocycles. The van der Waals surface area contributed by atoms with E-state index >= 15 is 35.1 Å². The van der Waals surface area contributed by atoms with Gasteiger partial charge in [-0.3, -0.25) is 0 Å². The van der Waals surface area contributed by atoms with Gasteiger partial charge in [0, 0.05) is 43.8 Å². The molecule has 0 atom stereocenters. The first-order chi connectivity index (χ1) is 40.0. The number of benzene rings is 10. The van der Waals surface area contributed by atoms with Crippen molar-refractivity contribution in [2.24, 2.45) is 0 Å². The molecule has 7 nitrogen and oxygen atoms in total. The van der Waals surface area contributed by atoms with Gasteiger partial charge in [-0.15, -0.1) is 0 Å². The number of para-hydroxylation sites is 4. The van der Waals surface area contributed by atoms with Crippen LogP contribution >= 0.6 is 0 Å². The van der Waals surface area contributed by atoms with E-state index in [1.807, 2.05) is 0 Å². The Labute approximate surface area is 460 Å². The second-order valence-corrected chi connectivity index (χ2v) is 19.4. The van der Waals surface area contributed by atoms with Crippen LogP contribution in [0.25, 0.3) is 134 Å². The summed E-state index contributed by atoms with van der Waals surface area (Å²) >= 11 is 0. The highest BCUT2D eigenvalue weighted by molar-refractivity contribution is 6.10. The fourth-order valence-electron chi connectivity index (χ4n) is 10.8. The maximum absolute atomic E-state index is 16.8. The minimum atomic E-state index is -1.72. The number of fused-ring (bicyclic) bond motifs is 6. The molecule has 0 unspecified atom stereocenters. The lowest BCUT2D eigenvalue weighted by molar-refractivity contribution is 0.453. The second kappa shape index (κ2) is 19.6. The third kappa shape index (κ3) is 7.99. The number of nitrogens with zero attached hydrogens (tertiary/aromatic N) is 7. The summed E-state index contributed by atoms with van der Waals surface area (Å²) in [7, 11) is 0. The van der Waals surface area contributed by atoms with Gasteiger partial charge in [0.2, 0.25) is 0 Å². The van der Waals surface area contributed by atoms with E-state index in [9.17, 15) is 0 Å². The van der Waals surface area contributed by atoms with E-state index in [4.69, 9.17) is 0 Å². The largest absolute Gasteiger partial charge is 0.304 e. The normalized spacial score (nSPS) is 11.7. The summed E-state index contributed by atoms with van der Waals surface area (Å²) in [4.78, 5) is 22.6. The van der Waals surface area contributed by atoms with Gasteiger partial charge in [-0.25, -0.2) is 60.0 Å². The summed E-state index contributed by atoms with van der Waals surface area (Å²) < 4.78 is 137. The Bertz CT molecular complexity index is 4450. The molecule has 0 aliphatic heterocycles. The Hall–Kier alpha value is -10.7. The van der Waals surface area contributed by atoms with Gasteiger partial charge in [0.15, 0.2) is 69.8 Å². The minimum absolute atomic E-state index is 0.0538. The van der Waals surface area contributed by atoms with Crippen LogP contribution in [-0.4, -0.2) is 34.1 Å². The standard InChI is InChI=1S/C67H35F8N7/c68-54-52(55(69)59(73)62(58(54)72)81-48-29-11-7-25-42(48)43-26-8-12-30-49(43)81)66-76-46(36-17-3-1-4-18-36)35-47(77-66)40-23-15-21-38(33-40)39-22-16-24-41(34-39)65-78-64(37-19-5-2-6-20-37)79-67(80-65)53-56(70)60(74)63(61(75)57(53)71)82-50-31-13-9-27-44(50)45-28-10-14-32-51(45)82/h1-35H. The van der Waals surface area contributed by atoms with Gasteiger partial charge in [0.05, 0.1) is 44.6 Å². The fraction of sp³-hybridized carbons (Fsp3) is 0. The first kappa shape index (κ1) is 49.6. The predicted octanol–water partition coefficient (Wildman–Crippen LogP) is 17.6. The second-order valence-electron chi connectivity index (χ2n) is 19.4. The summed E-state index contributed by atoms with van der Waals surface area (Å²) in [6, 6.07) is 59.4. The van der Waals surface area contributed by atoms with Gasteiger partial charge in [-0.2, -0.15) is 0 Å². The van der Waals surface area contributed by atoms with Crippen LogP contribution in [0.1, 0.15) is 0 Å². The van der Waals surface area contributed by atoms with Crippen molar-refractivity contribution in [1.29, 1.82) is 0 Å². The van der Waals surface area contributed by atoms with Crippen LogP contribution in [0, 0.1) is 46.5 Å². The lowest BCUT2D eigenvalue weighted by atomic mass is 9.99. The quantitative estimate of drug-likeness (QED) is 0.106. The summed E-state index contributed by atoms with van der Waals surface area (Å²) in [5.41, 5.74) is 0.206. The average Bonchev–Trinajstić information content (AvgIpc) is 4.25. The van der Waals surface area contributed by atoms with Crippen molar-refractivity contribution in [3.8, 4) is 90.6 Å². The van der Waals surface area contributed by atoms with Crippen molar-refractivity contribution in [3.63, 3.8) is 0 Å². The zero-order valence-corrected chi connectivity index (χ0v) is 42.4. The van der Waals surface area contributed by atoms with Crippen LogP contribution in [0.3, 0.4) is 0 Å². The molecule has 82 heavy (non-hydrogen) atoms. The third-order valence-corrected chi connectivity index (χ3v) is 14.6. The molecule has 0 radical (unpaired) electrons. The summed E-state index contributed by atoms with van der Waals surface area (Å²) in [6.45, 7) is 0. The molecule has 0 saturated carbocycles. The first-order valence-corrected chi connectivity index (χ1v) is 25.7. The van der Waals surface area contributed by atoms with E-state index in [0.29, 0.717) is 77.0 Å². The molecule has 0 saturated heterocycles. The highest BCUT2D eigenvalue weighted by Crippen LogP contribution is 2.42. The number of rotatable bonds is 9. The molecule has 4 aromatic heterocycles. The first-order valence-electron chi connectivity index (χ1n) is 25.7. The summed E-state index contributed by atoms with van der Waals surface area (Å²) in [6.07, 6.45) is 0. The van der Waals surface area contributed by atoms with E-state index in [-0.39, 0.29) is 23.0 Å². The smallest absolute Gasteiger partial charge is 0.186 e. The van der Waals surface area contributed by atoms with Crippen molar-refractivity contribution >= 4 is 43.6 Å². The van der Waals surface area contributed by atoms with Gasteiger partial charge in [-0.1, -0.05) is 170 Å². The molecule has 0 amide bonds. The molecule has 15 heteroatoms. The average molecular weight is 1090 g/mol. The molecule has 394 valence electrons. The van der Waals surface area contributed by atoms with Crippen LogP contribution in [0.15, 0.2) is 212 Å². The molecule has 0 aliphatic rings. The molecule has 14 rings (SSSR count). The zero-order valence-electron chi connectivity index (χ0n) is 42.4. The van der Waals surface area contributed by atoms with Gasteiger partial charge < -0.3 is 9.13 Å². The van der Waals surface area contributed by atoms with Crippen molar-refractivity contribution < 1.29 is 35.1 Å². The van der Waals surface area contributed by atoms with Crippen molar-refractivity contribution in [2.45, 2.75) is 0 Å². The molecule has 0 fully saturated rings. The summed E-state index contributed by atoms with van der Waals surface area (Å²) in [5.74, 6) is -15.0. The number of hydrogen-bond donors (Lipinski definition) is 0. The van der Waals surface area contributed by atoms with E-state index in [0.717, 1.165) is 9.13 Å². The lowest BCUT2D eigenvalue weighted by Gasteiger charge is -2.16. The van der Waals surface area contributed by atoms with E-state index in [1.54, 1.807) is 212 Å². The van der Waals surface area contributed by atoms with E-state index in [2.05, 4.69) is 24.9 Å². The minimum Gasteiger partial charge on any atom is -0.304 e. The SMILES string of the molecule is Fc1c(F)c(-n2c3ccccc3c3ccccc32)c(F)c(F)c1-c1nc(-c2ccccc2)cc(-c2cccc(-c3cccc(-c4nc(-c5ccccc5)nc(-c5c(F)c(F)c(-n6c7ccccc7c7ccccc76)c(F)c5F)n4)c3)c2)n1. The van der Waals surface area contributed by atoms with Crippen molar-refractivity contribution in [2.75, 3.05) is 0 Å². The van der Waals surface area contributed by atoms with Crippen molar-refractivity contribution in [3.05, 3.63) is 259 Å². The van der Waals surface area contributed by atoms with Crippen LogP contribution < -0.4 is 0 Å². The Morgan fingerprint density at radius 3 is 0.976 bits per heavy atom. The Kier molecular flexibility index (Phi) is 11.9. The molecule has 0 bridgehead atoms. The molecular formula is C67H35F8N7. The Balaban J connectivity index is 0.878. The molecule has 0 aliphatic carbocycles. The topological polar surface area (TPSA) is 74.3 Å². The van der Waals surface area contributed by atoms with Gasteiger partial charge in [0.1, 0.15) is 11.4 Å². The van der Waals surface area contributed by atoms with Crippen LogP contribution in [0.4, 0.5) is 35.1 Å². The van der Waals surface area contributed by atoms with Gasteiger partial charge in [-0.05, 0) is 53.6 Å².